The third-order valence-electron chi connectivity index (χ3n) is 4.07. The maximum absolute atomic E-state index is 12.3. The second-order valence-corrected chi connectivity index (χ2v) is 7.82. The van der Waals surface area contributed by atoms with Gasteiger partial charge in [0.1, 0.15) is 0 Å². The Balaban J connectivity index is 2.06. The van der Waals surface area contributed by atoms with Gasteiger partial charge >= 0.3 is 0 Å². The maximum atomic E-state index is 12.3. The molecule has 0 aromatic carbocycles. The van der Waals surface area contributed by atoms with E-state index in [0.717, 1.165) is 19.4 Å². The molecule has 100 valence electrons. The molecule has 5 heteroatoms. The summed E-state index contributed by atoms with van der Waals surface area (Å²) < 4.78 is 26.4. The first-order valence-corrected chi connectivity index (χ1v) is 8.74. The molecule has 3 atom stereocenters. The van der Waals surface area contributed by atoms with Gasteiger partial charge in [0.2, 0.25) is 10.0 Å². The molecule has 0 radical (unpaired) electrons. The van der Waals surface area contributed by atoms with Gasteiger partial charge in [-0.2, -0.15) is 4.31 Å². The molecule has 2 fully saturated rings. The molecule has 1 aliphatic carbocycles. The standard InChI is InChI=1S/C12H22ClNO2S/c1-10(8-13)9-17(15,16)14-7-6-11-4-2-3-5-12(11)14/h10-12H,2-9H2,1H3. The van der Waals surface area contributed by atoms with Crippen molar-refractivity contribution in [3.63, 3.8) is 0 Å². The summed E-state index contributed by atoms with van der Waals surface area (Å²) in [5.41, 5.74) is 0. The van der Waals surface area contributed by atoms with Gasteiger partial charge in [0, 0.05) is 18.5 Å². The number of hydrogen-bond donors (Lipinski definition) is 0. The molecule has 3 unspecified atom stereocenters. The molecule has 1 aliphatic heterocycles. The molecular formula is C12H22ClNO2S. The van der Waals surface area contributed by atoms with E-state index in [0.29, 0.717) is 11.8 Å². The zero-order chi connectivity index (χ0) is 12.5. The molecule has 0 spiro atoms. The van der Waals surface area contributed by atoms with Crippen molar-refractivity contribution in [2.75, 3.05) is 18.2 Å². The number of sulfonamides is 1. The predicted octanol–water partition coefficient (Wildman–Crippen LogP) is 2.46. The van der Waals surface area contributed by atoms with Crippen LogP contribution in [0.2, 0.25) is 0 Å². The van der Waals surface area contributed by atoms with Crippen molar-refractivity contribution in [1.82, 2.24) is 4.31 Å². The predicted molar refractivity (Wildman–Crippen MR) is 70.7 cm³/mol. The number of halogens is 1. The largest absolute Gasteiger partial charge is 0.214 e. The maximum Gasteiger partial charge on any atom is 0.214 e. The van der Waals surface area contributed by atoms with Crippen molar-refractivity contribution in [3.05, 3.63) is 0 Å². The van der Waals surface area contributed by atoms with Gasteiger partial charge in [-0.05, 0) is 31.1 Å². The third-order valence-corrected chi connectivity index (χ3v) is 6.76. The fourth-order valence-corrected chi connectivity index (χ4v) is 5.55. The molecule has 0 N–H and O–H groups in total. The van der Waals surface area contributed by atoms with Crippen LogP contribution in [0.5, 0.6) is 0 Å². The van der Waals surface area contributed by atoms with E-state index in [1.54, 1.807) is 4.31 Å². The van der Waals surface area contributed by atoms with E-state index in [-0.39, 0.29) is 17.7 Å². The molecule has 1 heterocycles. The summed E-state index contributed by atoms with van der Waals surface area (Å²) in [5, 5.41) is 0. The van der Waals surface area contributed by atoms with E-state index in [1.165, 1.54) is 19.3 Å². The highest BCUT2D eigenvalue weighted by molar-refractivity contribution is 7.89. The summed E-state index contributed by atoms with van der Waals surface area (Å²) in [4.78, 5) is 0. The zero-order valence-corrected chi connectivity index (χ0v) is 12.0. The average Bonchev–Trinajstić information content (AvgIpc) is 2.72. The Morgan fingerprint density at radius 1 is 1.29 bits per heavy atom. The second kappa shape index (κ2) is 5.45. The van der Waals surface area contributed by atoms with Crippen LogP contribution in [0.1, 0.15) is 39.0 Å². The van der Waals surface area contributed by atoms with Crippen molar-refractivity contribution in [1.29, 1.82) is 0 Å². The van der Waals surface area contributed by atoms with Crippen LogP contribution in [-0.4, -0.2) is 36.9 Å². The summed E-state index contributed by atoms with van der Waals surface area (Å²) >= 11 is 5.72. The van der Waals surface area contributed by atoms with Gasteiger partial charge in [0.25, 0.3) is 0 Å². The topological polar surface area (TPSA) is 37.4 Å². The number of rotatable bonds is 4. The molecule has 0 bridgehead atoms. The lowest BCUT2D eigenvalue weighted by atomic mass is 9.86. The lowest BCUT2D eigenvalue weighted by Crippen LogP contribution is -2.41. The zero-order valence-electron chi connectivity index (χ0n) is 10.4. The fourth-order valence-electron chi connectivity index (χ4n) is 3.21. The Hall–Kier alpha value is 0.200. The Morgan fingerprint density at radius 2 is 2.00 bits per heavy atom. The Kier molecular flexibility index (Phi) is 4.37. The van der Waals surface area contributed by atoms with Crippen LogP contribution in [0.25, 0.3) is 0 Å². The van der Waals surface area contributed by atoms with Crippen LogP contribution in [0.4, 0.5) is 0 Å². The van der Waals surface area contributed by atoms with Crippen molar-refractivity contribution < 1.29 is 8.42 Å². The van der Waals surface area contributed by atoms with E-state index < -0.39 is 10.0 Å². The molecule has 2 rings (SSSR count). The minimum Gasteiger partial charge on any atom is -0.212 e. The van der Waals surface area contributed by atoms with Crippen LogP contribution in [-0.2, 0) is 10.0 Å². The minimum atomic E-state index is -3.09. The molecule has 0 aromatic heterocycles. The molecule has 2 aliphatic rings. The van der Waals surface area contributed by atoms with E-state index in [4.69, 9.17) is 11.6 Å². The Morgan fingerprint density at radius 3 is 2.71 bits per heavy atom. The van der Waals surface area contributed by atoms with Gasteiger partial charge < -0.3 is 0 Å². The molecule has 3 nitrogen and oxygen atoms in total. The third kappa shape index (κ3) is 2.96. The molecule has 17 heavy (non-hydrogen) atoms. The summed E-state index contributed by atoms with van der Waals surface area (Å²) in [7, 11) is -3.09. The first-order valence-electron chi connectivity index (χ1n) is 6.60. The molecule has 1 saturated carbocycles. The van der Waals surface area contributed by atoms with Crippen molar-refractivity contribution >= 4 is 21.6 Å². The van der Waals surface area contributed by atoms with Gasteiger partial charge in [-0.15, -0.1) is 11.6 Å². The van der Waals surface area contributed by atoms with Gasteiger partial charge in [-0.25, -0.2) is 8.42 Å². The average molecular weight is 280 g/mol. The summed E-state index contributed by atoms with van der Waals surface area (Å²) in [6, 6.07) is 0.288. The number of hydrogen-bond acceptors (Lipinski definition) is 2. The van der Waals surface area contributed by atoms with Crippen LogP contribution < -0.4 is 0 Å². The first kappa shape index (κ1) is 13.6. The minimum absolute atomic E-state index is 0.0457. The molecule has 0 amide bonds. The van der Waals surface area contributed by atoms with E-state index in [9.17, 15) is 8.42 Å². The fraction of sp³-hybridized carbons (Fsp3) is 1.00. The SMILES string of the molecule is CC(CCl)CS(=O)(=O)N1CCC2CCCCC21. The summed E-state index contributed by atoms with van der Waals surface area (Å²) in [6.07, 6.45) is 5.77. The smallest absolute Gasteiger partial charge is 0.212 e. The highest BCUT2D eigenvalue weighted by atomic mass is 35.5. The first-order chi connectivity index (χ1) is 8.04. The Labute approximate surface area is 110 Å². The van der Waals surface area contributed by atoms with Gasteiger partial charge in [0.15, 0.2) is 0 Å². The van der Waals surface area contributed by atoms with Crippen LogP contribution in [0.3, 0.4) is 0 Å². The second-order valence-electron chi connectivity index (χ2n) is 5.55. The van der Waals surface area contributed by atoms with Crippen LogP contribution >= 0.6 is 11.6 Å². The van der Waals surface area contributed by atoms with Crippen LogP contribution in [0.15, 0.2) is 0 Å². The highest BCUT2D eigenvalue weighted by Gasteiger charge is 2.41. The molecular weight excluding hydrogens is 258 g/mol. The lowest BCUT2D eigenvalue weighted by Gasteiger charge is -2.31. The van der Waals surface area contributed by atoms with Gasteiger partial charge in [-0.1, -0.05) is 19.8 Å². The quantitative estimate of drug-likeness (QED) is 0.742. The number of alkyl halides is 1. The normalized spacial score (nSPS) is 32.4. The number of fused-ring (bicyclic) bond motifs is 1. The van der Waals surface area contributed by atoms with E-state index in [1.807, 2.05) is 6.92 Å². The molecule has 0 aromatic rings. The Bertz CT molecular complexity index is 358. The molecule has 1 saturated heterocycles. The van der Waals surface area contributed by atoms with Crippen LogP contribution in [0, 0.1) is 11.8 Å². The highest BCUT2D eigenvalue weighted by Crippen LogP contribution is 2.37. The van der Waals surface area contributed by atoms with Crippen molar-refractivity contribution in [2.24, 2.45) is 11.8 Å². The van der Waals surface area contributed by atoms with E-state index in [2.05, 4.69) is 0 Å². The number of nitrogens with zero attached hydrogens (tertiary/aromatic N) is 1. The van der Waals surface area contributed by atoms with Gasteiger partial charge in [0.05, 0.1) is 5.75 Å². The van der Waals surface area contributed by atoms with Crippen molar-refractivity contribution in [3.8, 4) is 0 Å². The van der Waals surface area contributed by atoms with E-state index >= 15 is 0 Å². The van der Waals surface area contributed by atoms with Crippen molar-refractivity contribution in [2.45, 2.75) is 45.1 Å². The van der Waals surface area contributed by atoms with Gasteiger partial charge in [-0.3, -0.25) is 0 Å². The monoisotopic (exact) mass is 279 g/mol. The summed E-state index contributed by atoms with van der Waals surface area (Å²) in [5.74, 6) is 1.29. The lowest BCUT2D eigenvalue weighted by molar-refractivity contribution is 0.259. The summed E-state index contributed by atoms with van der Waals surface area (Å²) in [6.45, 7) is 2.63.